The van der Waals surface area contributed by atoms with Gasteiger partial charge in [-0.25, -0.2) is 0 Å². The summed E-state index contributed by atoms with van der Waals surface area (Å²) in [6, 6.07) is 0. The molecule has 2 atom stereocenters. The van der Waals surface area contributed by atoms with E-state index in [1.54, 1.807) is 24.3 Å². The quantitative estimate of drug-likeness (QED) is 0.707. The highest BCUT2D eigenvalue weighted by atomic mass is 32.2. The molecule has 2 unspecified atom stereocenters. The third-order valence-corrected chi connectivity index (χ3v) is 4.34. The summed E-state index contributed by atoms with van der Waals surface area (Å²) in [5.74, 6) is 0. The molecule has 0 aromatic heterocycles. The Morgan fingerprint density at radius 3 is 1.44 bits per heavy atom. The second-order valence-electron chi connectivity index (χ2n) is 3.28. The maximum Gasteiger partial charge on any atom is 0.212 e. The monoisotopic (exact) mass is 258 g/mol. The topological polar surface area (TPSA) is 34.1 Å². The van der Waals surface area contributed by atoms with Crippen LogP contribution in [0.3, 0.4) is 0 Å². The van der Waals surface area contributed by atoms with Crippen molar-refractivity contribution in [3.8, 4) is 0 Å². The van der Waals surface area contributed by atoms with Crippen molar-refractivity contribution in [1.82, 2.24) is 0 Å². The Kier molecular flexibility index (Phi) is 8.39. The van der Waals surface area contributed by atoms with Gasteiger partial charge >= 0.3 is 0 Å². The molecule has 0 aliphatic rings. The van der Waals surface area contributed by atoms with Crippen molar-refractivity contribution in [2.75, 3.05) is 0 Å². The smallest absolute Gasteiger partial charge is 0.212 e. The summed E-state index contributed by atoms with van der Waals surface area (Å²) in [4.78, 5) is 22.7. The van der Waals surface area contributed by atoms with Crippen molar-refractivity contribution >= 4 is 33.8 Å². The molecule has 0 saturated heterocycles. The molecule has 0 radical (unpaired) electrons. The van der Waals surface area contributed by atoms with Gasteiger partial charge in [-0.3, -0.25) is 9.59 Å². The molecule has 2 nitrogen and oxygen atoms in total. The van der Waals surface area contributed by atoms with Gasteiger partial charge in [-0.2, -0.15) is 0 Å². The van der Waals surface area contributed by atoms with E-state index in [1.165, 1.54) is 23.5 Å². The van der Waals surface area contributed by atoms with Crippen molar-refractivity contribution in [2.45, 2.75) is 38.2 Å². The molecule has 16 heavy (non-hydrogen) atoms. The SMILES string of the molecule is CC=CC(=O)SC(C)C(C)SC(=O)C=CC. The summed E-state index contributed by atoms with van der Waals surface area (Å²) in [6.07, 6.45) is 6.55. The minimum atomic E-state index is 0.0425. The van der Waals surface area contributed by atoms with Gasteiger partial charge in [-0.05, 0) is 26.0 Å². The van der Waals surface area contributed by atoms with E-state index in [-0.39, 0.29) is 20.7 Å². The number of rotatable bonds is 5. The van der Waals surface area contributed by atoms with Crippen LogP contribution in [0.25, 0.3) is 0 Å². The molecule has 0 rings (SSSR count). The molecule has 0 heterocycles. The van der Waals surface area contributed by atoms with Crippen molar-refractivity contribution in [2.24, 2.45) is 0 Å². The highest BCUT2D eigenvalue weighted by Gasteiger charge is 2.18. The second-order valence-corrected chi connectivity index (χ2v) is 6.05. The average molecular weight is 258 g/mol. The van der Waals surface area contributed by atoms with E-state index in [4.69, 9.17) is 0 Å². The first-order valence-electron chi connectivity index (χ1n) is 5.17. The molecule has 0 amide bonds. The predicted octanol–water partition coefficient (Wildman–Crippen LogP) is 3.44. The van der Waals surface area contributed by atoms with Crippen LogP contribution in [0.15, 0.2) is 24.3 Å². The van der Waals surface area contributed by atoms with Crippen LogP contribution in [-0.2, 0) is 9.59 Å². The number of hydrogen-bond acceptors (Lipinski definition) is 4. The van der Waals surface area contributed by atoms with E-state index in [0.29, 0.717) is 0 Å². The van der Waals surface area contributed by atoms with Crippen LogP contribution in [0.5, 0.6) is 0 Å². The Bertz CT molecular complexity index is 265. The fourth-order valence-corrected chi connectivity index (χ4v) is 2.79. The van der Waals surface area contributed by atoms with Crippen molar-refractivity contribution in [3.05, 3.63) is 24.3 Å². The maximum absolute atomic E-state index is 11.3. The number of thioether (sulfide) groups is 2. The molecule has 90 valence electrons. The van der Waals surface area contributed by atoms with E-state index in [2.05, 4.69) is 0 Å². The summed E-state index contributed by atoms with van der Waals surface area (Å²) >= 11 is 2.54. The van der Waals surface area contributed by atoms with E-state index < -0.39 is 0 Å². The molecule has 0 aliphatic heterocycles. The molecule has 0 fully saturated rings. The van der Waals surface area contributed by atoms with E-state index in [9.17, 15) is 9.59 Å². The van der Waals surface area contributed by atoms with Gasteiger partial charge in [0.2, 0.25) is 10.2 Å². The zero-order valence-corrected chi connectivity index (χ0v) is 11.7. The van der Waals surface area contributed by atoms with E-state index in [1.807, 2.05) is 27.7 Å². The van der Waals surface area contributed by atoms with Gasteiger partial charge in [-0.15, -0.1) is 0 Å². The fraction of sp³-hybridized carbons (Fsp3) is 0.500. The first-order chi connectivity index (χ1) is 7.51. The molecule has 0 N–H and O–H groups in total. The van der Waals surface area contributed by atoms with Crippen LogP contribution in [0.2, 0.25) is 0 Å². The summed E-state index contributed by atoms with van der Waals surface area (Å²) in [6.45, 7) is 7.56. The number of carbonyl (C=O) groups is 2. The van der Waals surface area contributed by atoms with Gasteiger partial charge < -0.3 is 0 Å². The van der Waals surface area contributed by atoms with Gasteiger partial charge in [0, 0.05) is 10.5 Å². The summed E-state index contributed by atoms with van der Waals surface area (Å²) in [7, 11) is 0. The molecule has 0 aliphatic carbocycles. The number of carbonyl (C=O) groups excluding carboxylic acids is 2. The largest absolute Gasteiger partial charge is 0.282 e. The summed E-state index contributed by atoms with van der Waals surface area (Å²) in [5.41, 5.74) is 0. The lowest BCUT2D eigenvalue weighted by molar-refractivity contribution is -0.107. The van der Waals surface area contributed by atoms with Crippen LogP contribution in [0.4, 0.5) is 0 Å². The molecule has 0 aromatic rings. The van der Waals surface area contributed by atoms with E-state index >= 15 is 0 Å². The minimum absolute atomic E-state index is 0.0425. The molecular formula is C12H18O2S2. The Labute approximate surface area is 106 Å². The van der Waals surface area contributed by atoms with Crippen LogP contribution in [0.1, 0.15) is 27.7 Å². The normalized spacial score (nSPS) is 15.5. The fourth-order valence-electron chi connectivity index (χ4n) is 0.909. The predicted molar refractivity (Wildman–Crippen MR) is 73.7 cm³/mol. The molecular weight excluding hydrogens is 240 g/mol. The third kappa shape index (κ3) is 6.90. The maximum atomic E-state index is 11.3. The first-order valence-corrected chi connectivity index (χ1v) is 6.93. The Balaban J connectivity index is 4.13. The zero-order valence-electron chi connectivity index (χ0n) is 10.1. The molecule has 0 aromatic carbocycles. The second kappa shape index (κ2) is 8.65. The highest BCUT2D eigenvalue weighted by molar-refractivity contribution is 8.18. The van der Waals surface area contributed by atoms with Gasteiger partial charge in [0.25, 0.3) is 0 Å². The molecule has 0 spiro atoms. The zero-order chi connectivity index (χ0) is 12.6. The average Bonchev–Trinajstić information content (AvgIpc) is 2.17. The lowest BCUT2D eigenvalue weighted by Crippen LogP contribution is -2.16. The molecule has 0 bridgehead atoms. The molecule has 4 heteroatoms. The Hall–Kier alpha value is -0.480. The van der Waals surface area contributed by atoms with Crippen LogP contribution in [0, 0.1) is 0 Å². The standard InChI is InChI=1S/C12H18O2S2/c1-5-7-11(13)15-9(3)10(4)16-12(14)8-6-2/h5-10H,1-4H3. The van der Waals surface area contributed by atoms with Crippen molar-refractivity contribution in [3.63, 3.8) is 0 Å². The molecule has 0 saturated carbocycles. The summed E-state index contributed by atoms with van der Waals surface area (Å²) in [5, 5.41) is 0.340. The van der Waals surface area contributed by atoms with E-state index in [0.717, 1.165) is 0 Å². The summed E-state index contributed by atoms with van der Waals surface area (Å²) < 4.78 is 0. The van der Waals surface area contributed by atoms with Gasteiger partial charge in [0.05, 0.1) is 0 Å². The van der Waals surface area contributed by atoms with Crippen LogP contribution in [-0.4, -0.2) is 20.7 Å². The third-order valence-electron chi connectivity index (χ3n) is 1.87. The Morgan fingerprint density at radius 2 is 1.19 bits per heavy atom. The highest BCUT2D eigenvalue weighted by Crippen LogP contribution is 2.25. The minimum Gasteiger partial charge on any atom is -0.282 e. The van der Waals surface area contributed by atoms with Gasteiger partial charge in [0.15, 0.2) is 0 Å². The van der Waals surface area contributed by atoms with Crippen molar-refractivity contribution in [1.29, 1.82) is 0 Å². The van der Waals surface area contributed by atoms with Gasteiger partial charge in [0.1, 0.15) is 0 Å². The van der Waals surface area contributed by atoms with Crippen molar-refractivity contribution < 1.29 is 9.59 Å². The number of allylic oxidation sites excluding steroid dienone is 2. The van der Waals surface area contributed by atoms with Crippen LogP contribution >= 0.6 is 23.5 Å². The number of hydrogen-bond donors (Lipinski definition) is 0. The lowest BCUT2D eigenvalue weighted by atomic mass is 10.4. The lowest BCUT2D eigenvalue weighted by Gasteiger charge is -2.15. The van der Waals surface area contributed by atoms with Gasteiger partial charge in [-0.1, -0.05) is 49.5 Å². The first kappa shape index (κ1) is 15.5. The Morgan fingerprint density at radius 1 is 0.875 bits per heavy atom. The van der Waals surface area contributed by atoms with Crippen LogP contribution < -0.4 is 0 Å².